The van der Waals surface area contributed by atoms with Gasteiger partial charge in [-0.3, -0.25) is 0 Å². The van der Waals surface area contributed by atoms with Gasteiger partial charge in [-0.05, 0) is 50.9 Å². The van der Waals surface area contributed by atoms with Gasteiger partial charge < -0.3 is 10.2 Å². The zero-order valence-corrected chi connectivity index (χ0v) is 13.1. The van der Waals surface area contributed by atoms with E-state index in [0.717, 1.165) is 43.0 Å². The van der Waals surface area contributed by atoms with Gasteiger partial charge in [0.05, 0.1) is 0 Å². The number of nitrogen functional groups attached to an aromatic ring is 1. The van der Waals surface area contributed by atoms with Gasteiger partial charge in [0.15, 0.2) is 5.82 Å². The third kappa shape index (κ3) is 2.64. The number of hydrogen-bond donors (Lipinski definition) is 2. The molecule has 1 saturated carbocycles. The number of rotatable bonds is 3. The summed E-state index contributed by atoms with van der Waals surface area (Å²) >= 11 is 0. The van der Waals surface area contributed by atoms with E-state index >= 15 is 0 Å². The first-order chi connectivity index (χ1) is 10.2. The highest BCUT2D eigenvalue weighted by Crippen LogP contribution is 2.42. The Bertz CT molecular complexity index is 502. The molecule has 1 aromatic rings. The summed E-state index contributed by atoms with van der Waals surface area (Å²) in [4.78, 5) is 9.62. The fourth-order valence-electron chi connectivity index (χ4n) is 3.90. The van der Waals surface area contributed by atoms with Gasteiger partial charge >= 0.3 is 0 Å². The first kappa shape index (κ1) is 14.7. The Morgan fingerprint density at radius 2 is 2.05 bits per heavy atom. The van der Waals surface area contributed by atoms with Crippen LogP contribution in [0.5, 0.6) is 0 Å². The molecule has 0 bridgehead atoms. The minimum absolute atomic E-state index is 0.338. The van der Waals surface area contributed by atoms with Crippen LogP contribution in [0.1, 0.15) is 62.5 Å². The van der Waals surface area contributed by atoms with Crippen molar-refractivity contribution in [1.82, 2.24) is 9.97 Å². The van der Waals surface area contributed by atoms with Crippen molar-refractivity contribution in [3.8, 4) is 0 Å². The van der Waals surface area contributed by atoms with Crippen molar-refractivity contribution in [2.75, 3.05) is 12.5 Å². The zero-order chi connectivity index (χ0) is 14.9. The van der Waals surface area contributed by atoms with Crippen LogP contribution < -0.4 is 11.3 Å². The number of hydrazine groups is 1. The van der Waals surface area contributed by atoms with Crippen LogP contribution in [0.2, 0.25) is 0 Å². The average Bonchev–Trinajstić information content (AvgIpc) is 2.53. The van der Waals surface area contributed by atoms with Crippen LogP contribution in [-0.4, -0.2) is 17.1 Å². The fourth-order valence-corrected chi connectivity index (χ4v) is 3.90. The third-order valence-corrected chi connectivity index (χ3v) is 5.07. The van der Waals surface area contributed by atoms with Gasteiger partial charge in [0.25, 0.3) is 0 Å². The molecule has 21 heavy (non-hydrogen) atoms. The summed E-state index contributed by atoms with van der Waals surface area (Å²) in [6, 6.07) is 0. The summed E-state index contributed by atoms with van der Waals surface area (Å²) in [5, 5.41) is 0. The number of aromatic nitrogens is 2. The van der Waals surface area contributed by atoms with Crippen LogP contribution in [0, 0.1) is 5.92 Å². The van der Waals surface area contributed by atoms with E-state index in [9.17, 15) is 0 Å². The van der Waals surface area contributed by atoms with E-state index in [4.69, 9.17) is 20.5 Å². The Kier molecular flexibility index (Phi) is 4.13. The highest BCUT2D eigenvalue weighted by Gasteiger charge is 2.40. The van der Waals surface area contributed by atoms with E-state index in [-0.39, 0.29) is 5.60 Å². The summed E-state index contributed by atoms with van der Waals surface area (Å²) in [6.45, 7) is 2.29. The van der Waals surface area contributed by atoms with Crippen molar-refractivity contribution in [1.29, 1.82) is 0 Å². The number of methoxy groups -OCH3 is 1. The molecule has 116 valence electrons. The van der Waals surface area contributed by atoms with E-state index in [1.54, 1.807) is 7.11 Å². The molecule has 0 spiro atoms. The van der Waals surface area contributed by atoms with Gasteiger partial charge in [-0.15, -0.1) is 0 Å². The van der Waals surface area contributed by atoms with Gasteiger partial charge in [0.2, 0.25) is 0 Å². The maximum absolute atomic E-state index is 5.93. The molecule has 2 aliphatic carbocycles. The van der Waals surface area contributed by atoms with Crippen LogP contribution >= 0.6 is 0 Å². The van der Waals surface area contributed by atoms with E-state index in [2.05, 4.69) is 12.3 Å². The third-order valence-electron chi connectivity index (χ3n) is 5.07. The summed E-state index contributed by atoms with van der Waals surface area (Å²) < 4.78 is 5.93. The Balaban J connectivity index is 2.04. The summed E-state index contributed by atoms with van der Waals surface area (Å²) in [5.41, 5.74) is 4.80. The Hall–Kier alpha value is -1.20. The quantitative estimate of drug-likeness (QED) is 0.661. The molecule has 0 saturated heterocycles. The van der Waals surface area contributed by atoms with Crippen LogP contribution in [0.3, 0.4) is 0 Å². The number of hydrogen-bond acceptors (Lipinski definition) is 5. The van der Waals surface area contributed by atoms with Crippen LogP contribution in [0.4, 0.5) is 5.82 Å². The van der Waals surface area contributed by atoms with Crippen molar-refractivity contribution < 1.29 is 4.74 Å². The molecule has 1 aromatic heterocycles. The van der Waals surface area contributed by atoms with E-state index < -0.39 is 0 Å². The Morgan fingerprint density at radius 1 is 1.24 bits per heavy atom. The standard InChI is InChI=1S/C16H26N4O/c1-11-6-5-9-16(10-11,21-2)15-18-13-8-4-3-7-12(13)14(19-15)20-17/h11H,3-10,17H2,1-2H3,(H,18,19,20). The van der Waals surface area contributed by atoms with E-state index in [1.807, 2.05) is 0 Å². The Morgan fingerprint density at radius 3 is 2.76 bits per heavy atom. The molecular formula is C16H26N4O. The lowest BCUT2D eigenvalue weighted by atomic mass is 9.78. The molecule has 0 amide bonds. The van der Waals surface area contributed by atoms with Gasteiger partial charge in [-0.1, -0.05) is 13.3 Å². The van der Waals surface area contributed by atoms with Crippen molar-refractivity contribution in [2.24, 2.45) is 11.8 Å². The molecule has 3 N–H and O–H groups in total. The van der Waals surface area contributed by atoms with Crippen LogP contribution in [0.25, 0.3) is 0 Å². The second-order valence-corrected chi connectivity index (χ2v) is 6.57. The second-order valence-electron chi connectivity index (χ2n) is 6.57. The van der Waals surface area contributed by atoms with Crippen LogP contribution in [-0.2, 0) is 23.2 Å². The first-order valence-corrected chi connectivity index (χ1v) is 8.10. The molecule has 2 aliphatic rings. The number of nitrogens with zero attached hydrogens (tertiary/aromatic N) is 2. The van der Waals surface area contributed by atoms with Crippen molar-refractivity contribution in [3.63, 3.8) is 0 Å². The zero-order valence-electron chi connectivity index (χ0n) is 13.1. The van der Waals surface area contributed by atoms with Crippen molar-refractivity contribution in [3.05, 3.63) is 17.1 Å². The highest BCUT2D eigenvalue weighted by molar-refractivity contribution is 5.47. The molecule has 1 heterocycles. The monoisotopic (exact) mass is 290 g/mol. The van der Waals surface area contributed by atoms with E-state index in [1.165, 1.54) is 31.2 Å². The van der Waals surface area contributed by atoms with Gasteiger partial charge in [0, 0.05) is 18.4 Å². The molecule has 0 radical (unpaired) electrons. The number of nitrogens with two attached hydrogens (primary N) is 1. The van der Waals surface area contributed by atoms with Crippen molar-refractivity contribution >= 4 is 5.82 Å². The molecule has 2 unspecified atom stereocenters. The highest BCUT2D eigenvalue weighted by atomic mass is 16.5. The number of nitrogens with one attached hydrogen (secondary N) is 1. The van der Waals surface area contributed by atoms with Gasteiger partial charge in [-0.25, -0.2) is 15.8 Å². The normalized spacial score (nSPS) is 29.0. The molecule has 5 heteroatoms. The molecular weight excluding hydrogens is 264 g/mol. The predicted octanol–water partition coefficient (Wildman–Crippen LogP) is 2.69. The van der Waals surface area contributed by atoms with E-state index in [0.29, 0.717) is 5.92 Å². The maximum Gasteiger partial charge on any atom is 0.162 e. The topological polar surface area (TPSA) is 73.1 Å². The molecule has 3 rings (SSSR count). The SMILES string of the molecule is COC1(c2nc3c(c(NN)n2)CCCC3)CCCC(C)C1. The summed E-state index contributed by atoms with van der Waals surface area (Å²) in [7, 11) is 1.79. The largest absolute Gasteiger partial charge is 0.370 e. The fraction of sp³-hybridized carbons (Fsp3) is 0.750. The van der Waals surface area contributed by atoms with Crippen LogP contribution in [0.15, 0.2) is 0 Å². The number of aryl methyl sites for hydroxylation is 1. The lowest BCUT2D eigenvalue weighted by Crippen LogP contribution is -2.37. The predicted molar refractivity (Wildman–Crippen MR) is 82.8 cm³/mol. The molecule has 2 atom stereocenters. The Labute approximate surface area is 126 Å². The van der Waals surface area contributed by atoms with Gasteiger partial charge in [-0.2, -0.15) is 0 Å². The number of anilines is 1. The first-order valence-electron chi connectivity index (χ1n) is 8.10. The maximum atomic E-state index is 5.93. The second kappa shape index (κ2) is 5.89. The molecule has 0 aliphatic heterocycles. The molecule has 5 nitrogen and oxygen atoms in total. The average molecular weight is 290 g/mol. The minimum Gasteiger partial charge on any atom is -0.370 e. The molecule has 0 aromatic carbocycles. The summed E-state index contributed by atoms with van der Waals surface area (Å²) in [6.07, 6.45) is 8.85. The number of fused-ring (bicyclic) bond motifs is 1. The molecule has 1 fully saturated rings. The minimum atomic E-state index is -0.338. The lowest BCUT2D eigenvalue weighted by Gasteiger charge is -2.38. The number of ether oxygens (including phenoxy) is 1. The van der Waals surface area contributed by atoms with Crippen molar-refractivity contribution in [2.45, 2.75) is 63.9 Å². The lowest BCUT2D eigenvalue weighted by molar-refractivity contribution is -0.0647. The smallest absolute Gasteiger partial charge is 0.162 e. The van der Waals surface area contributed by atoms with Gasteiger partial charge in [0.1, 0.15) is 11.4 Å². The summed E-state index contributed by atoms with van der Waals surface area (Å²) in [5.74, 6) is 7.97.